The molecule has 24 heavy (non-hydrogen) atoms. The van der Waals surface area contributed by atoms with Crippen LogP contribution < -0.4 is 4.74 Å². The Kier molecular flexibility index (Phi) is 5.39. The average molecular weight is 344 g/mol. The Hall–Kier alpha value is -2.03. The van der Waals surface area contributed by atoms with Crippen LogP contribution in [-0.4, -0.2) is 28.5 Å². The van der Waals surface area contributed by atoms with Gasteiger partial charge in [-0.3, -0.25) is 0 Å². The van der Waals surface area contributed by atoms with Gasteiger partial charge in [0.25, 0.3) is 0 Å². The number of allylic oxidation sites excluding steroid dienone is 3. The van der Waals surface area contributed by atoms with Crippen molar-refractivity contribution in [3.05, 3.63) is 58.4 Å². The van der Waals surface area contributed by atoms with Gasteiger partial charge in [-0.15, -0.1) is 0 Å². The summed E-state index contributed by atoms with van der Waals surface area (Å²) in [6.45, 7) is 0. The van der Waals surface area contributed by atoms with Crippen LogP contribution in [0.2, 0.25) is 0 Å². The maximum atomic E-state index is 9.19. The highest BCUT2D eigenvalue weighted by Crippen LogP contribution is 2.32. The minimum atomic E-state index is 0.382. The van der Waals surface area contributed by atoms with Crippen molar-refractivity contribution < 1.29 is 9.53 Å². The number of halogens is 1. The summed E-state index contributed by atoms with van der Waals surface area (Å²) in [4.78, 5) is 5.58. The van der Waals surface area contributed by atoms with Crippen molar-refractivity contribution in [3.63, 3.8) is 0 Å². The van der Waals surface area contributed by atoms with Gasteiger partial charge < -0.3 is 15.2 Å². The largest absolute Gasteiger partial charge is 0.459 e. The second kappa shape index (κ2) is 7.69. The maximum Gasteiger partial charge on any atom is 0.318 e. The minimum absolute atomic E-state index is 0.382. The highest BCUT2D eigenvalue weighted by molar-refractivity contribution is 6.43. The molecule has 0 bridgehead atoms. The van der Waals surface area contributed by atoms with Crippen LogP contribution in [-0.2, 0) is 0 Å². The molecule has 0 unspecified atom stereocenters. The van der Waals surface area contributed by atoms with Gasteiger partial charge in [0.2, 0.25) is 0 Å². The first-order chi connectivity index (χ1) is 11.7. The van der Waals surface area contributed by atoms with Crippen molar-refractivity contribution in [1.29, 1.82) is 0 Å². The summed E-state index contributed by atoms with van der Waals surface area (Å²) in [5.41, 5.74) is 10.6. The Balaban J connectivity index is 1.93. The summed E-state index contributed by atoms with van der Waals surface area (Å²) in [5, 5.41) is 0.468. The first kappa shape index (κ1) is 16.8. The molecule has 0 radical (unpaired) electrons. The van der Waals surface area contributed by atoms with E-state index in [0.29, 0.717) is 23.2 Å². The number of likely N-dealkylation sites (N-methyl/N-ethyl adjacent to an activating group) is 1. The zero-order valence-corrected chi connectivity index (χ0v) is 14.7. The van der Waals surface area contributed by atoms with E-state index in [1.807, 2.05) is 36.4 Å². The number of rotatable bonds is 4. The monoisotopic (exact) mass is 343 g/mol. The van der Waals surface area contributed by atoms with Gasteiger partial charge in [-0.1, -0.05) is 49.1 Å². The highest BCUT2D eigenvalue weighted by atomic mass is 35.5. The number of para-hydroxylation sites is 1. The topological polar surface area (TPSA) is 48.9 Å². The molecule has 5 heteroatoms. The lowest BCUT2D eigenvalue weighted by Crippen LogP contribution is -2.35. The Bertz CT molecular complexity index is 699. The molecule has 2 aliphatic carbocycles. The van der Waals surface area contributed by atoms with Crippen molar-refractivity contribution in [2.24, 2.45) is 0 Å². The molecule has 0 amide bonds. The van der Waals surface area contributed by atoms with E-state index in [4.69, 9.17) is 16.3 Å². The van der Waals surface area contributed by atoms with E-state index in [0.717, 1.165) is 17.2 Å². The number of hydrogen-bond donors (Lipinski definition) is 0. The van der Waals surface area contributed by atoms with Crippen molar-refractivity contribution in [2.75, 3.05) is 7.05 Å². The number of ether oxygens (including phenoxy) is 1. The predicted octanol–water partition coefficient (Wildman–Crippen LogP) is 4.74. The normalized spacial score (nSPS) is 18.9. The molecule has 1 saturated carbocycles. The van der Waals surface area contributed by atoms with Crippen LogP contribution in [0.5, 0.6) is 5.75 Å². The van der Waals surface area contributed by atoms with Gasteiger partial charge in [-0.05, 0) is 31.1 Å². The second-order valence-corrected chi connectivity index (χ2v) is 6.75. The lowest BCUT2D eigenvalue weighted by Gasteiger charge is -2.35. The number of hydrogen-bond acceptors (Lipinski definition) is 2. The number of benzene rings is 1. The smallest absolute Gasteiger partial charge is 0.318 e. The van der Waals surface area contributed by atoms with Crippen molar-refractivity contribution in [3.8, 4) is 5.75 Å². The Morgan fingerprint density at radius 1 is 1.17 bits per heavy atom. The van der Waals surface area contributed by atoms with E-state index in [-0.39, 0.29) is 0 Å². The first-order valence-corrected chi connectivity index (χ1v) is 8.84. The zero-order valence-electron chi connectivity index (χ0n) is 13.9. The van der Waals surface area contributed by atoms with Gasteiger partial charge in [0, 0.05) is 13.1 Å². The first-order valence-electron chi connectivity index (χ1n) is 8.46. The molecule has 0 atom stereocenters. The standard InChI is InChI=1S/C19H22ClN3O/c1-23(14-8-4-2-5-9-14)18-12-16(20)17(22-21)13-19(18)24-15-10-6-3-7-11-15/h3,6-7,10-12,14H,2,4-5,8-9,13H2,1H3. The van der Waals surface area contributed by atoms with Gasteiger partial charge in [0.05, 0.1) is 5.70 Å². The molecule has 0 spiro atoms. The van der Waals surface area contributed by atoms with Crippen molar-refractivity contribution >= 4 is 17.3 Å². The molecular formula is C19H22ClN3O. The molecule has 2 aliphatic rings. The highest BCUT2D eigenvalue weighted by Gasteiger charge is 2.30. The van der Waals surface area contributed by atoms with E-state index >= 15 is 0 Å². The van der Waals surface area contributed by atoms with Gasteiger partial charge >= 0.3 is 5.71 Å². The summed E-state index contributed by atoms with van der Waals surface area (Å²) < 4.78 is 6.10. The third-order valence-electron chi connectivity index (χ3n) is 4.76. The summed E-state index contributed by atoms with van der Waals surface area (Å²) in [5.74, 6) is 1.54. The van der Waals surface area contributed by atoms with E-state index < -0.39 is 0 Å². The van der Waals surface area contributed by atoms with Gasteiger partial charge in [0.1, 0.15) is 23.0 Å². The maximum absolute atomic E-state index is 9.19. The fourth-order valence-electron chi connectivity index (χ4n) is 3.38. The van der Waals surface area contributed by atoms with E-state index in [2.05, 4.69) is 16.7 Å². The summed E-state index contributed by atoms with van der Waals surface area (Å²) in [7, 11) is 2.10. The summed E-state index contributed by atoms with van der Waals surface area (Å²) >= 11 is 6.28. The predicted molar refractivity (Wildman–Crippen MR) is 95.9 cm³/mol. The summed E-state index contributed by atoms with van der Waals surface area (Å²) in [6.07, 6.45) is 8.45. The van der Waals surface area contributed by atoms with Crippen molar-refractivity contribution in [2.45, 2.75) is 44.6 Å². The molecular weight excluding hydrogens is 322 g/mol. The molecule has 126 valence electrons. The third kappa shape index (κ3) is 3.72. The van der Waals surface area contributed by atoms with Crippen LogP contribution in [0.25, 0.3) is 5.53 Å². The van der Waals surface area contributed by atoms with Gasteiger partial charge in [-0.2, -0.15) is 4.79 Å². The molecule has 1 aromatic rings. The third-order valence-corrected chi connectivity index (χ3v) is 5.09. The molecule has 1 fully saturated rings. The van der Waals surface area contributed by atoms with Crippen LogP contribution in [0.1, 0.15) is 38.5 Å². The van der Waals surface area contributed by atoms with Crippen molar-refractivity contribution in [1.82, 2.24) is 4.90 Å². The molecule has 1 aromatic carbocycles. The van der Waals surface area contributed by atoms with Crippen LogP contribution in [0.4, 0.5) is 0 Å². The van der Waals surface area contributed by atoms with E-state index in [1.165, 1.54) is 32.1 Å². The van der Waals surface area contributed by atoms with E-state index in [9.17, 15) is 5.53 Å². The number of nitrogens with zero attached hydrogens (tertiary/aromatic N) is 3. The van der Waals surface area contributed by atoms with Crippen LogP contribution in [0, 0.1) is 0 Å². The molecule has 0 aromatic heterocycles. The van der Waals surface area contributed by atoms with Crippen LogP contribution in [0.3, 0.4) is 0 Å². The second-order valence-electron chi connectivity index (χ2n) is 6.34. The fraction of sp³-hybridized carbons (Fsp3) is 0.421. The molecule has 0 aliphatic heterocycles. The quantitative estimate of drug-likeness (QED) is 0.585. The molecule has 4 nitrogen and oxygen atoms in total. The lowest BCUT2D eigenvalue weighted by molar-refractivity contribution is -0.00685. The average Bonchev–Trinajstić information content (AvgIpc) is 2.64. The van der Waals surface area contributed by atoms with E-state index in [1.54, 1.807) is 0 Å². The Labute approximate surface area is 148 Å². The zero-order chi connectivity index (χ0) is 16.9. The molecule has 0 saturated heterocycles. The van der Waals surface area contributed by atoms with Crippen LogP contribution in [0.15, 0.2) is 52.9 Å². The lowest BCUT2D eigenvalue weighted by atomic mass is 9.93. The van der Waals surface area contributed by atoms with Gasteiger partial charge in [-0.25, -0.2) is 0 Å². The molecule has 0 N–H and O–H groups in total. The van der Waals surface area contributed by atoms with Gasteiger partial charge in [0.15, 0.2) is 0 Å². The molecule has 3 rings (SSSR count). The minimum Gasteiger partial charge on any atom is -0.459 e. The Morgan fingerprint density at radius 2 is 1.88 bits per heavy atom. The summed E-state index contributed by atoms with van der Waals surface area (Å²) in [6, 6.07) is 10.2. The van der Waals surface area contributed by atoms with Crippen LogP contribution >= 0.6 is 11.6 Å². The molecule has 0 heterocycles. The Morgan fingerprint density at radius 3 is 2.54 bits per heavy atom. The fourth-order valence-corrected chi connectivity index (χ4v) is 3.58. The SMILES string of the molecule is CN(C1=C(Oc2ccccc2)CC(=[N+]=[N-])C(Cl)=C1)C1CCCCC1.